The summed E-state index contributed by atoms with van der Waals surface area (Å²) in [5.74, 6) is 0.527. The molecule has 2 aromatic heterocycles. The third kappa shape index (κ3) is 3.27. The summed E-state index contributed by atoms with van der Waals surface area (Å²) in [7, 11) is 3.90. The van der Waals surface area contributed by atoms with Crippen molar-refractivity contribution < 1.29 is 9.21 Å². The van der Waals surface area contributed by atoms with E-state index in [1.54, 1.807) is 6.26 Å². The Kier molecular flexibility index (Phi) is 4.16. The molecule has 0 unspecified atom stereocenters. The molecule has 2 heterocycles. The van der Waals surface area contributed by atoms with Crippen LogP contribution in [0.1, 0.15) is 27.6 Å². The standard InChI is InChI=1S/C17H20N4O2/c1-11-16(13-6-4-5-7-14(13)19-11)17(22)18-8-12-10-23-15(20-12)9-21(2)3/h4-7,10,19H,8-9H2,1-3H3,(H,18,22). The molecule has 120 valence electrons. The van der Waals surface area contributed by atoms with E-state index < -0.39 is 0 Å². The number of rotatable bonds is 5. The van der Waals surface area contributed by atoms with Crippen molar-refractivity contribution in [2.45, 2.75) is 20.0 Å². The fourth-order valence-corrected chi connectivity index (χ4v) is 2.60. The van der Waals surface area contributed by atoms with E-state index in [4.69, 9.17) is 4.42 Å². The molecule has 6 nitrogen and oxygen atoms in total. The van der Waals surface area contributed by atoms with Gasteiger partial charge in [0.25, 0.3) is 5.91 Å². The molecular weight excluding hydrogens is 292 g/mol. The average molecular weight is 312 g/mol. The van der Waals surface area contributed by atoms with Crippen molar-refractivity contribution in [1.29, 1.82) is 0 Å². The Bertz CT molecular complexity index is 832. The van der Waals surface area contributed by atoms with Crippen LogP contribution in [0.15, 0.2) is 34.9 Å². The van der Waals surface area contributed by atoms with Gasteiger partial charge in [0.15, 0.2) is 0 Å². The first-order chi connectivity index (χ1) is 11.0. The molecule has 0 atom stereocenters. The summed E-state index contributed by atoms with van der Waals surface area (Å²) in [6.45, 7) is 2.88. The Hall–Kier alpha value is -2.60. The molecule has 0 saturated carbocycles. The van der Waals surface area contributed by atoms with Crippen LogP contribution >= 0.6 is 0 Å². The molecule has 0 fully saturated rings. The number of para-hydroxylation sites is 1. The normalized spacial score (nSPS) is 11.3. The van der Waals surface area contributed by atoms with Crippen molar-refractivity contribution in [1.82, 2.24) is 20.2 Å². The zero-order valence-corrected chi connectivity index (χ0v) is 13.5. The lowest BCUT2D eigenvalue weighted by Crippen LogP contribution is -2.23. The van der Waals surface area contributed by atoms with Gasteiger partial charge in [-0.15, -0.1) is 0 Å². The number of amides is 1. The molecule has 1 aromatic carbocycles. The summed E-state index contributed by atoms with van der Waals surface area (Å²) in [4.78, 5) is 22.1. The second-order valence-corrected chi connectivity index (χ2v) is 5.82. The molecule has 0 aliphatic rings. The van der Waals surface area contributed by atoms with Crippen molar-refractivity contribution in [2.24, 2.45) is 0 Å². The van der Waals surface area contributed by atoms with E-state index in [-0.39, 0.29) is 5.91 Å². The highest BCUT2D eigenvalue weighted by Crippen LogP contribution is 2.21. The lowest BCUT2D eigenvalue weighted by atomic mass is 10.1. The summed E-state index contributed by atoms with van der Waals surface area (Å²) in [5, 5.41) is 3.83. The third-order valence-corrected chi connectivity index (χ3v) is 3.60. The zero-order chi connectivity index (χ0) is 16.4. The average Bonchev–Trinajstić information content (AvgIpc) is 3.07. The summed E-state index contributed by atoms with van der Waals surface area (Å²) in [6, 6.07) is 7.78. The predicted octanol–water partition coefficient (Wildman–Crippen LogP) is 2.46. The highest BCUT2D eigenvalue weighted by atomic mass is 16.3. The number of carbonyl (C=O) groups excluding carboxylic acids is 1. The summed E-state index contributed by atoms with van der Waals surface area (Å²) in [6.07, 6.45) is 1.58. The number of hydrogen-bond acceptors (Lipinski definition) is 4. The van der Waals surface area contributed by atoms with Crippen LogP contribution in [-0.4, -0.2) is 34.9 Å². The van der Waals surface area contributed by atoms with Gasteiger partial charge >= 0.3 is 0 Å². The number of carbonyl (C=O) groups is 1. The van der Waals surface area contributed by atoms with Crippen LogP contribution in [0.2, 0.25) is 0 Å². The van der Waals surface area contributed by atoms with Gasteiger partial charge < -0.3 is 19.6 Å². The third-order valence-electron chi connectivity index (χ3n) is 3.60. The van der Waals surface area contributed by atoms with Crippen LogP contribution in [0.25, 0.3) is 10.9 Å². The minimum absolute atomic E-state index is 0.114. The molecule has 0 bridgehead atoms. The van der Waals surface area contributed by atoms with Gasteiger partial charge in [-0.2, -0.15) is 0 Å². The molecule has 0 radical (unpaired) electrons. The van der Waals surface area contributed by atoms with Crippen molar-refractivity contribution in [3.63, 3.8) is 0 Å². The van der Waals surface area contributed by atoms with Crippen molar-refractivity contribution in [2.75, 3.05) is 14.1 Å². The lowest BCUT2D eigenvalue weighted by molar-refractivity contribution is 0.0951. The van der Waals surface area contributed by atoms with Gasteiger partial charge in [-0.05, 0) is 27.1 Å². The molecule has 0 aliphatic carbocycles. The summed E-state index contributed by atoms with van der Waals surface area (Å²) in [5.41, 5.74) is 3.22. The van der Waals surface area contributed by atoms with Crippen LogP contribution in [0.4, 0.5) is 0 Å². The molecule has 6 heteroatoms. The van der Waals surface area contributed by atoms with Gasteiger partial charge in [0.1, 0.15) is 6.26 Å². The number of oxazole rings is 1. The predicted molar refractivity (Wildman–Crippen MR) is 88.1 cm³/mol. The van der Waals surface area contributed by atoms with Crippen molar-refractivity contribution in [3.8, 4) is 0 Å². The van der Waals surface area contributed by atoms with Crippen LogP contribution in [0, 0.1) is 6.92 Å². The highest BCUT2D eigenvalue weighted by molar-refractivity contribution is 6.08. The maximum absolute atomic E-state index is 12.5. The SMILES string of the molecule is Cc1[nH]c2ccccc2c1C(=O)NCc1coc(CN(C)C)n1. The molecule has 3 aromatic rings. The van der Waals surface area contributed by atoms with E-state index >= 15 is 0 Å². The Balaban J connectivity index is 1.71. The molecule has 1 amide bonds. The molecule has 2 N–H and O–H groups in total. The van der Waals surface area contributed by atoms with Gasteiger partial charge in [0.05, 0.1) is 24.3 Å². The van der Waals surface area contributed by atoms with E-state index in [1.807, 2.05) is 50.2 Å². The fraction of sp³-hybridized carbons (Fsp3) is 0.294. The number of aryl methyl sites for hydroxylation is 1. The summed E-state index contributed by atoms with van der Waals surface area (Å²) >= 11 is 0. The number of benzene rings is 1. The largest absolute Gasteiger partial charge is 0.447 e. The Labute approximate surface area is 134 Å². The summed E-state index contributed by atoms with van der Waals surface area (Å²) < 4.78 is 5.38. The van der Waals surface area contributed by atoms with Crippen LogP contribution in [-0.2, 0) is 13.1 Å². The topological polar surface area (TPSA) is 74.2 Å². The monoisotopic (exact) mass is 312 g/mol. The number of aromatic nitrogens is 2. The van der Waals surface area contributed by atoms with E-state index in [0.29, 0.717) is 30.2 Å². The Morgan fingerprint density at radius 3 is 2.91 bits per heavy atom. The number of H-pyrrole nitrogens is 1. The maximum atomic E-state index is 12.5. The second-order valence-electron chi connectivity index (χ2n) is 5.82. The zero-order valence-electron chi connectivity index (χ0n) is 13.5. The van der Waals surface area contributed by atoms with Crippen molar-refractivity contribution >= 4 is 16.8 Å². The first-order valence-corrected chi connectivity index (χ1v) is 7.48. The molecule has 0 aliphatic heterocycles. The molecule has 23 heavy (non-hydrogen) atoms. The van der Waals surface area contributed by atoms with Crippen molar-refractivity contribution in [3.05, 3.63) is 53.4 Å². The molecular formula is C17H20N4O2. The number of nitrogens with zero attached hydrogens (tertiary/aromatic N) is 2. The van der Waals surface area contributed by atoms with Gasteiger partial charge in [0, 0.05) is 16.6 Å². The first-order valence-electron chi connectivity index (χ1n) is 7.48. The van der Waals surface area contributed by atoms with Gasteiger partial charge in [0.2, 0.25) is 5.89 Å². The van der Waals surface area contributed by atoms with Gasteiger partial charge in [-0.3, -0.25) is 4.79 Å². The van der Waals surface area contributed by atoms with Gasteiger partial charge in [-0.1, -0.05) is 18.2 Å². The molecule has 0 spiro atoms. The van der Waals surface area contributed by atoms with Crippen LogP contribution < -0.4 is 5.32 Å². The van der Waals surface area contributed by atoms with E-state index in [2.05, 4.69) is 15.3 Å². The number of fused-ring (bicyclic) bond motifs is 1. The van der Waals surface area contributed by atoms with Gasteiger partial charge in [-0.25, -0.2) is 4.98 Å². The second kappa shape index (κ2) is 6.26. The minimum Gasteiger partial charge on any atom is -0.447 e. The Morgan fingerprint density at radius 2 is 2.13 bits per heavy atom. The number of nitrogens with one attached hydrogen (secondary N) is 2. The van der Waals surface area contributed by atoms with E-state index in [9.17, 15) is 4.79 Å². The van der Waals surface area contributed by atoms with E-state index in [1.165, 1.54) is 0 Å². The maximum Gasteiger partial charge on any atom is 0.254 e. The number of hydrogen-bond donors (Lipinski definition) is 2. The number of aromatic amines is 1. The van der Waals surface area contributed by atoms with E-state index in [0.717, 1.165) is 16.6 Å². The molecule has 3 rings (SSSR count). The smallest absolute Gasteiger partial charge is 0.254 e. The Morgan fingerprint density at radius 1 is 1.35 bits per heavy atom. The van der Waals surface area contributed by atoms with Crippen LogP contribution in [0.5, 0.6) is 0 Å². The van der Waals surface area contributed by atoms with Crippen LogP contribution in [0.3, 0.4) is 0 Å². The first kappa shape index (κ1) is 15.3. The molecule has 0 saturated heterocycles. The quantitative estimate of drug-likeness (QED) is 0.759. The highest BCUT2D eigenvalue weighted by Gasteiger charge is 2.16. The minimum atomic E-state index is -0.114. The lowest BCUT2D eigenvalue weighted by Gasteiger charge is -2.04. The fourth-order valence-electron chi connectivity index (χ4n) is 2.60.